The average molecular weight is 759 g/mol. The van der Waals surface area contributed by atoms with Gasteiger partial charge in [-0.3, -0.25) is 13.9 Å². The lowest BCUT2D eigenvalue weighted by molar-refractivity contribution is -0.140. The lowest BCUT2D eigenvalue weighted by Crippen LogP contribution is -2.53. The molecule has 0 spiro atoms. The zero-order chi connectivity index (χ0) is 34.8. The largest absolute Gasteiger partial charge is 0.495 e. The molecule has 0 unspecified atom stereocenters. The Hall–Kier alpha value is -4.26. The van der Waals surface area contributed by atoms with Crippen molar-refractivity contribution in [3.8, 4) is 17.2 Å². The fraction of sp³-hybridized carbons (Fsp3) is 0.257. The lowest BCUT2D eigenvalue weighted by Gasteiger charge is -2.34. The van der Waals surface area contributed by atoms with Crippen LogP contribution in [-0.2, 0) is 32.6 Å². The molecule has 0 saturated carbocycles. The van der Waals surface area contributed by atoms with E-state index in [0.29, 0.717) is 12.3 Å². The third-order valence-corrected chi connectivity index (χ3v) is 9.98. The molecule has 0 radical (unpaired) electrons. The molecule has 1 atom stereocenters. The predicted molar refractivity (Wildman–Crippen MR) is 189 cm³/mol. The highest BCUT2D eigenvalue weighted by molar-refractivity contribution is 9.10. The van der Waals surface area contributed by atoms with Crippen molar-refractivity contribution in [2.24, 2.45) is 0 Å². The van der Waals surface area contributed by atoms with Crippen LogP contribution in [0, 0.1) is 0 Å². The van der Waals surface area contributed by atoms with Crippen molar-refractivity contribution in [2.45, 2.75) is 30.8 Å². The number of likely N-dealkylation sites (N-methyl/N-ethyl adjacent to an activating group) is 1. The van der Waals surface area contributed by atoms with Crippen molar-refractivity contribution in [3.63, 3.8) is 0 Å². The van der Waals surface area contributed by atoms with E-state index in [-0.39, 0.29) is 46.0 Å². The number of carbonyl (C=O) groups excluding carboxylic acids is 2. The first kappa shape index (κ1) is 36.6. The zero-order valence-electron chi connectivity index (χ0n) is 27.0. The Morgan fingerprint density at radius 1 is 0.833 bits per heavy atom. The van der Waals surface area contributed by atoms with Crippen molar-refractivity contribution in [2.75, 3.05) is 38.7 Å². The summed E-state index contributed by atoms with van der Waals surface area (Å²) in [6, 6.07) is 24.3. The van der Waals surface area contributed by atoms with E-state index < -0.39 is 28.5 Å². The number of sulfonamides is 1. The second-order valence-electron chi connectivity index (χ2n) is 10.6. The lowest BCUT2D eigenvalue weighted by atomic mass is 10.0. The summed E-state index contributed by atoms with van der Waals surface area (Å²) < 4.78 is 47.0. The predicted octanol–water partition coefficient (Wildman–Crippen LogP) is 6.10. The Morgan fingerprint density at radius 3 is 2.15 bits per heavy atom. The first-order valence-corrected chi connectivity index (χ1v) is 17.6. The van der Waals surface area contributed by atoms with Crippen LogP contribution in [0.25, 0.3) is 0 Å². The van der Waals surface area contributed by atoms with Crippen molar-refractivity contribution in [1.29, 1.82) is 0 Å². The van der Waals surface area contributed by atoms with Crippen LogP contribution in [0.3, 0.4) is 0 Å². The molecular weight excluding hydrogens is 722 g/mol. The van der Waals surface area contributed by atoms with Gasteiger partial charge in [-0.05, 0) is 60.5 Å². The van der Waals surface area contributed by atoms with Gasteiger partial charge in [0.25, 0.3) is 10.0 Å². The van der Waals surface area contributed by atoms with Gasteiger partial charge in [-0.25, -0.2) is 8.42 Å². The zero-order valence-corrected chi connectivity index (χ0v) is 30.1. The van der Waals surface area contributed by atoms with Crippen LogP contribution in [-0.4, -0.2) is 65.6 Å². The van der Waals surface area contributed by atoms with E-state index in [2.05, 4.69) is 21.2 Å². The molecule has 0 saturated heterocycles. The van der Waals surface area contributed by atoms with Gasteiger partial charge in [-0.2, -0.15) is 0 Å². The summed E-state index contributed by atoms with van der Waals surface area (Å²) in [5.41, 5.74) is 1.59. The number of halogens is 2. The molecule has 0 bridgehead atoms. The normalized spacial score (nSPS) is 11.7. The third kappa shape index (κ3) is 8.80. The molecule has 0 heterocycles. The summed E-state index contributed by atoms with van der Waals surface area (Å²) in [5.74, 6) is -0.337. The molecule has 0 aliphatic rings. The number of rotatable bonds is 15. The SMILES string of the molecule is CCNC(=O)[C@H](Cc1ccccc1)N(Cc1cccc(Br)c1)C(=O)CN(c1cc(Cl)ccc1OC)S(=O)(=O)c1ccc(OC)c(OC)c1. The molecule has 0 aliphatic carbocycles. The molecule has 4 aromatic carbocycles. The molecule has 0 aromatic heterocycles. The summed E-state index contributed by atoms with van der Waals surface area (Å²) in [6.45, 7) is 1.46. The van der Waals surface area contributed by atoms with Gasteiger partial charge in [0, 0.05) is 35.1 Å². The highest BCUT2D eigenvalue weighted by Gasteiger charge is 2.36. The van der Waals surface area contributed by atoms with Gasteiger partial charge in [-0.1, -0.05) is 70.0 Å². The molecule has 0 fully saturated rings. The van der Waals surface area contributed by atoms with Gasteiger partial charge in [0.15, 0.2) is 11.5 Å². The summed E-state index contributed by atoms with van der Waals surface area (Å²) >= 11 is 9.86. The number of amides is 2. The number of carbonyl (C=O) groups is 2. The molecule has 1 N–H and O–H groups in total. The molecular formula is C35H37BrClN3O7S. The number of hydrogen-bond acceptors (Lipinski definition) is 7. The number of nitrogens with one attached hydrogen (secondary N) is 1. The van der Waals surface area contributed by atoms with Gasteiger partial charge < -0.3 is 24.4 Å². The Kier molecular flexibility index (Phi) is 12.7. The highest BCUT2D eigenvalue weighted by Crippen LogP contribution is 2.37. The maximum atomic E-state index is 14.7. The van der Waals surface area contributed by atoms with Crippen molar-refractivity contribution in [1.82, 2.24) is 10.2 Å². The second-order valence-corrected chi connectivity index (χ2v) is 13.8. The number of ether oxygens (including phenoxy) is 3. The summed E-state index contributed by atoms with van der Waals surface area (Å²) in [5, 5.41) is 3.07. The molecule has 10 nitrogen and oxygen atoms in total. The van der Waals surface area contributed by atoms with Crippen LogP contribution in [0.5, 0.6) is 17.2 Å². The van der Waals surface area contributed by atoms with Crippen LogP contribution in [0.1, 0.15) is 18.1 Å². The van der Waals surface area contributed by atoms with E-state index in [9.17, 15) is 18.0 Å². The number of hydrogen-bond donors (Lipinski definition) is 1. The number of nitrogens with zero attached hydrogens (tertiary/aromatic N) is 2. The fourth-order valence-corrected chi connectivity index (χ4v) is 7.20. The van der Waals surface area contributed by atoms with E-state index in [1.54, 1.807) is 13.0 Å². The smallest absolute Gasteiger partial charge is 0.265 e. The standard InChI is InChI=1S/C35H37BrClN3O7S/c1-5-38-35(42)30(19-24-10-7-6-8-11-24)39(22-25-12-9-13-26(36)18-25)34(41)23-40(29-20-27(37)14-16-31(29)45-2)48(43,44)28-15-17-32(46-3)33(21-28)47-4/h6-18,20-21,30H,5,19,22-23H2,1-4H3,(H,38,42)/t30-/m0/s1. The van der Waals surface area contributed by atoms with Crippen LogP contribution in [0.15, 0.2) is 100 Å². The molecule has 4 aromatic rings. The van der Waals surface area contributed by atoms with E-state index in [0.717, 1.165) is 19.9 Å². The van der Waals surface area contributed by atoms with Gasteiger partial charge >= 0.3 is 0 Å². The average Bonchev–Trinajstić information content (AvgIpc) is 3.08. The number of anilines is 1. The van der Waals surface area contributed by atoms with Gasteiger partial charge in [-0.15, -0.1) is 0 Å². The second kappa shape index (κ2) is 16.7. The van der Waals surface area contributed by atoms with E-state index in [1.807, 2.05) is 54.6 Å². The summed E-state index contributed by atoms with van der Waals surface area (Å²) in [6.07, 6.45) is 0.190. The van der Waals surface area contributed by atoms with Crippen LogP contribution in [0.2, 0.25) is 5.02 Å². The molecule has 254 valence electrons. The highest BCUT2D eigenvalue weighted by atomic mass is 79.9. The molecule has 13 heteroatoms. The number of methoxy groups -OCH3 is 3. The Balaban J connectivity index is 1.88. The molecule has 48 heavy (non-hydrogen) atoms. The Labute approximate surface area is 294 Å². The molecule has 0 aliphatic heterocycles. The molecule has 4 rings (SSSR count). The van der Waals surface area contributed by atoms with Crippen LogP contribution in [0.4, 0.5) is 5.69 Å². The maximum absolute atomic E-state index is 14.7. The van der Waals surface area contributed by atoms with Gasteiger partial charge in [0.1, 0.15) is 18.3 Å². The van der Waals surface area contributed by atoms with Crippen LogP contribution >= 0.6 is 27.5 Å². The maximum Gasteiger partial charge on any atom is 0.265 e. The Bertz CT molecular complexity index is 1840. The minimum atomic E-state index is -4.48. The number of benzene rings is 4. The van der Waals surface area contributed by atoms with E-state index in [4.69, 9.17) is 25.8 Å². The van der Waals surface area contributed by atoms with Gasteiger partial charge in [0.2, 0.25) is 11.8 Å². The van der Waals surface area contributed by atoms with Crippen molar-refractivity contribution >= 4 is 55.1 Å². The first-order chi connectivity index (χ1) is 23.0. The van der Waals surface area contributed by atoms with E-state index in [1.165, 1.54) is 56.6 Å². The minimum absolute atomic E-state index is 0.0177. The van der Waals surface area contributed by atoms with Crippen LogP contribution < -0.4 is 23.8 Å². The van der Waals surface area contributed by atoms with Gasteiger partial charge in [0.05, 0.1) is 31.9 Å². The first-order valence-electron chi connectivity index (χ1n) is 15.0. The van der Waals surface area contributed by atoms with Crippen molar-refractivity contribution < 1.29 is 32.2 Å². The minimum Gasteiger partial charge on any atom is -0.495 e. The molecule has 2 amide bonds. The monoisotopic (exact) mass is 757 g/mol. The van der Waals surface area contributed by atoms with Crippen molar-refractivity contribution in [3.05, 3.63) is 112 Å². The van der Waals surface area contributed by atoms with E-state index >= 15 is 0 Å². The Morgan fingerprint density at radius 2 is 1.50 bits per heavy atom. The summed E-state index contributed by atoms with van der Waals surface area (Å²) in [4.78, 5) is 29.6. The topological polar surface area (TPSA) is 114 Å². The quantitative estimate of drug-likeness (QED) is 0.156. The fourth-order valence-electron chi connectivity index (χ4n) is 5.15. The third-order valence-electron chi connectivity index (χ3n) is 7.50. The summed E-state index contributed by atoms with van der Waals surface area (Å²) in [7, 11) is -0.260.